The third kappa shape index (κ3) is 4.34. The lowest BCUT2D eigenvalue weighted by Crippen LogP contribution is -2.09. The van der Waals surface area contributed by atoms with Crippen LogP contribution in [0.1, 0.15) is 32.0 Å². The summed E-state index contributed by atoms with van der Waals surface area (Å²) in [5, 5.41) is 2.39. The summed E-state index contributed by atoms with van der Waals surface area (Å²) in [4.78, 5) is 29.2. The van der Waals surface area contributed by atoms with Gasteiger partial charge in [-0.2, -0.15) is 0 Å². The molecule has 1 heterocycles. The SMILES string of the molecule is Cc1ccc(-c2nc(C(=O)Oc3ccc(C(=O)c4ccc(F)cc4)cc3)cs2)cc1. The molecule has 3 aromatic carbocycles. The molecule has 0 bridgehead atoms. The van der Waals surface area contributed by atoms with Gasteiger partial charge in [0, 0.05) is 22.1 Å². The molecule has 148 valence electrons. The Labute approximate surface area is 176 Å². The maximum absolute atomic E-state index is 13.0. The van der Waals surface area contributed by atoms with Gasteiger partial charge in [-0.3, -0.25) is 4.79 Å². The predicted molar refractivity (Wildman–Crippen MR) is 114 cm³/mol. The van der Waals surface area contributed by atoms with Crippen LogP contribution < -0.4 is 4.74 Å². The summed E-state index contributed by atoms with van der Waals surface area (Å²) in [5.41, 5.74) is 3.11. The number of rotatable bonds is 5. The summed E-state index contributed by atoms with van der Waals surface area (Å²) in [6, 6.07) is 19.4. The summed E-state index contributed by atoms with van der Waals surface area (Å²) in [5.74, 6) is -0.903. The number of hydrogen-bond acceptors (Lipinski definition) is 5. The highest BCUT2D eigenvalue weighted by Gasteiger charge is 2.15. The number of carbonyl (C=O) groups excluding carboxylic acids is 2. The molecular weight excluding hydrogens is 401 g/mol. The van der Waals surface area contributed by atoms with E-state index in [-0.39, 0.29) is 11.5 Å². The van der Waals surface area contributed by atoms with Crippen molar-refractivity contribution in [3.05, 3.63) is 106 Å². The number of aromatic nitrogens is 1. The molecule has 0 aliphatic carbocycles. The molecule has 0 saturated carbocycles. The lowest BCUT2D eigenvalue weighted by Gasteiger charge is -2.05. The Morgan fingerprint density at radius 2 is 1.47 bits per heavy atom. The molecule has 0 saturated heterocycles. The number of aryl methyl sites for hydroxylation is 1. The van der Waals surface area contributed by atoms with Crippen molar-refractivity contribution in [3.8, 4) is 16.3 Å². The highest BCUT2D eigenvalue weighted by Crippen LogP contribution is 2.25. The van der Waals surface area contributed by atoms with E-state index in [1.165, 1.54) is 35.6 Å². The summed E-state index contributed by atoms with van der Waals surface area (Å²) in [7, 11) is 0. The van der Waals surface area contributed by atoms with Crippen LogP contribution in [-0.4, -0.2) is 16.7 Å². The molecule has 4 nitrogen and oxygen atoms in total. The minimum Gasteiger partial charge on any atom is -0.422 e. The first-order chi connectivity index (χ1) is 14.5. The quantitative estimate of drug-likeness (QED) is 0.237. The van der Waals surface area contributed by atoms with E-state index < -0.39 is 11.8 Å². The molecule has 0 unspecified atom stereocenters. The fraction of sp³-hybridized carbons (Fsp3) is 0.0417. The van der Waals surface area contributed by atoms with Gasteiger partial charge in [0.15, 0.2) is 11.5 Å². The molecule has 0 atom stereocenters. The maximum Gasteiger partial charge on any atom is 0.363 e. The lowest BCUT2D eigenvalue weighted by molar-refractivity contribution is 0.0729. The van der Waals surface area contributed by atoms with Crippen molar-refractivity contribution in [2.24, 2.45) is 0 Å². The monoisotopic (exact) mass is 417 g/mol. The Morgan fingerprint density at radius 3 is 2.10 bits per heavy atom. The van der Waals surface area contributed by atoms with Gasteiger partial charge in [-0.15, -0.1) is 11.3 Å². The molecule has 0 amide bonds. The van der Waals surface area contributed by atoms with Gasteiger partial charge in [0.05, 0.1) is 0 Å². The minimum atomic E-state index is -0.567. The second-order valence-electron chi connectivity index (χ2n) is 6.65. The average Bonchev–Trinajstić information content (AvgIpc) is 3.25. The van der Waals surface area contributed by atoms with Gasteiger partial charge in [-0.05, 0) is 55.5 Å². The second kappa shape index (κ2) is 8.39. The largest absolute Gasteiger partial charge is 0.422 e. The molecule has 0 spiro atoms. The zero-order valence-corrected chi connectivity index (χ0v) is 16.8. The lowest BCUT2D eigenvalue weighted by atomic mass is 10.0. The third-order valence-electron chi connectivity index (χ3n) is 4.45. The molecule has 30 heavy (non-hydrogen) atoms. The number of ether oxygens (including phenoxy) is 1. The van der Waals surface area contributed by atoms with E-state index in [4.69, 9.17) is 4.74 Å². The molecule has 6 heteroatoms. The number of ketones is 1. The minimum absolute atomic E-state index is 0.224. The number of nitrogens with zero attached hydrogens (tertiary/aromatic N) is 1. The maximum atomic E-state index is 13.0. The number of benzene rings is 3. The molecule has 4 aromatic rings. The number of hydrogen-bond donors (Lipinski definition) is 0. The van der Waals surface area contributed by atoms with E-state index in [1.807, 2.05) is 31.2 Å². The van der Waals surface area contributed by atoms with E-state index in [0.717, 1.165) is 16.1 Å². The summed E-state index contributed by atoms with van der Waals surface area (Å²) < 4.78 is 18.4. The zero-order chi connectivity index (χ0) is 21.1. The Hall–Kier alpha value is -3.64. The molecular formula is C24H16FNO3S. The Kier molecular flexibility index (Phi) is 5.50. The van der Waals surface area contributed by atoms with Gasteiger partial charge < -0.3 is 4.74 Å². The van der Waals surface area contributed by atoms with Crippen molar-refractivity contribution in [1.82, 2.24) is 4.98 Å². The van der Waals surface area contributed by atoms with Gasteiger partial charge in [0.1, 0.15) is 16.6 Å². The van der Waals surface area contributed by atoms with Crippen molar-refractivity contribution >= 4 is 23.1 Å². The molecule has 0 aliphatic rings. The molecule has 0 N–H and O–H groups in total. The van der Waals surface area contributed by atoms with Crippen LogP contribution in [0.3, 0.4) is 0 Å². The topological polar surface area (TPSA) is 56.3 Å². The van der Waals surface area contributed by atoms with Crippen LogP contribution in [0.15, 0.2) is 78.2 Å². The van der Waals surface area contributed by atoms with Gasteiger partial charge in [-0.25, -0.2) is 14.2 Å². The smallest absolute Gasteiger partial charge is 0.363 e. The third-order valence-corrected chi connectivity index (χ3v) is 5.34. The van der Waals surface area contributed by atoms with Gasteiger partial charge in [0.25, 0.3) is 0 Å². The van der Waals surface area contributed by atoms with Crippen molar-refractivity contribution in [2.75, 3.05) is 0 Å². The molecule has 0 aliphatic heterocycles. The van der Waals surface area contributed by atoms with Crippen LogP contribution >= 0.6 is 11.3 Å². The van der Waals surface area contributed by atoms with Crippen molar-refractivity contribution in [1.29, 1.82) is 0 Å². The van der Waals surface area contributed by atoms with E-state index in [9.17, 15) is 14.0 Å². The van der Waals surface area contributed by atoms with Crippen LogP contribution in [0.2, 0.25) is 0 Å². The molecule has 1 aromatic heterocycles. The van der Waals surface area contributed by atoms with Crippen LogP contribution in [0.25, 0.3) is 10.6 Å². The highest BCUT2D eigenvalue weighted by atomic mass is 32.1. The first-order valence-corrected chi connectivity index (χ1v) is 10.0. The van der Waals surface area contributed by atoms with Gasteiger partial charge in [-0.1, -0.05) is 29.8 Å². The van der Waals surface area contributed by atoms with E-state index >= 15 is 0 Å². The predicted octanol–water partition coefficient (Wildman–Crippen LogP) is 5.71. The first kappa shape index (κ1) is 19.7. The number of carbonyl (C=O) groups is 2. The highest BCUT2D eigenvalue weighted by molar-refractivity contribution is 7.13. The summed E-state index contributed by atoms with van der Waals surface area (Å²) >= 11 is 1.37. The Balaban J connectivity index is 1.44. The fourth-order valence-corrected chi connectivity index (χ4v) is 3.59. The van der Waals surface area contributed by atoms with Crippen molar-refractivity contribution in [2.45, 2.75) is 6.92 Å². The number of esters is 1. The normalized spacial score (nSPS) is 10.6. The van der Waals surface area contributed by atoms with E-state index in [1.54, 1.807) is 29.6 Å². The van der Waals surface area contributed by atoms with Crippen LogP contribution in [-0.2, 0) is 0 Å². The summed E-state index contributed by atoms with van der Waals surface area (Å²) in [6.07, 6.45) is 0. The Morgan fingerprint density at radius 1 is 0.867 bits per heavy atom. The second-order valence-corrected chi connectivity index (χ2v) is 7.51. The van der Waals surface area contributed by atoms with Crippen LogP contribution in [0.5, 0.6) is 5.75 Å². The van der Waals surface area contributed by atoms with E-state index in [0.29, 0.717) is 16.9 Å². The molecule has 0 fully saturated rings. The van der Waals surface area contributed by atoms with E-state index in [2.05, 4.69) is 4.98 Å². The van der Waals surface area contributed by atoms with Crippen molar-refractivity contribution < 1.29 is 18.7 Å². The number of halogens is 1. The molecule has 4 rings (SSSR count). The van der Waals surface area contributed by atoms with Crippen LogP contribution in [0, 0.1) is 12.7 Å². The zero-order valence-electron chi connectivity index (χ0n) is 16.0. The standard InChI is InChI=1S/C24H16FNO3S/c1-15-2-4-18(5-3-15)23-26-21(14-30-23)24(28)29-20-12-8-17(9-13-20)22(27)16-6-10-19(25)11-7-16/h2-14H,1H3. The van der Waals surface area contributed by atoms with Gasteiger partial charge in [0.2, 0.25) is 0 Å². The van der Waals surface area contributed by atoms with Crippen LogP contribution in [0.4, 0.5) is 4.39 Å². The fourth-order valence-electron chi connectivity index (χ4n) is 2.80. The first-order valence-electron chi connectivity index (χ1n) is 9.15. The number of thiazole rings is 1. The Bertz CT molecular complexity index is 1200. The summed E-state index contributed by atoms with van der Waals surface area (Å²) in [6.45, 7) is 2.01. The molecule has 0 radical (unpaired) electrons. The average molecular weight is 417 g/mol. The van der Waals surface area contributed by atoms with Crippen molar-refractivity contribution in [3.63, 3.8) is 0 Å². The van der Waals surface area contributed by atoms with Gasteiger partial charge >= 0.3 is 5.97 Å².